The fourth-order valence-corrected chi connectivity index (χ4v) is 6.39. The molecule has 0 saturated heterocycles. The molecule has 30 heavy (non-hydrogen) atoms. The molecule has 0 aromatic heterocycles. The number of nitrogens with one attached hydrogen (secondary N) is 2. The van der Waals surface area contributed by atoms with E-state index in [2.05, 4.69) is 28.0 Å². The van der Waals surface area contributed by atoms with E-state index in [1.54, 1.807) is 6.21 Å². The molecule has 2 aromatic rings. The predicted molar refractivity (Wildman–Crippen MR) is 125 cm³/mol. The van der Waals surface area contributed by atoms with Crippen molar-refractivity contribution in [1.29, 1.82) is 0 Å². The fraction of sp³-hybridized carbons (Fsp3) is 0.440. The molecule has 0 radical (unpaired) electrons. The molecule has 0 heterocycles. The van der Waals surface area contributed by atoms with Gasteiger partial charge in [-0.3, -0.25) is 5.43 Å². The first kappa shape index (κ1) is 19.6. The number of hydrogen-bond donors (Lipinski definition) is 2. The van der Waals surface area contributed by atoms with Crippen molar-refractivity contribution in [3.8, 4) is 5.75 Å². The predicted octanol–water partition coefficient (Wildman–Crippen LogP) is 5.03. The lowest BCUT2D eigenvalue weighted by Gasteiger charge is -2.57. The van der Waals surface area contributed by atoms with Gasteiger partial charge < -0.3 is 10.1 Å². The summed E-state index contributed by atoms with van der Waals surface area (Å²) in [6.45, 7) is 0.554. The molecular weight excluding hydrogens is 390 g/mol. The van der Waals surface area contributed by atoms with Crippen LogP contribution in [0, 0.1) is 17.8 Å². The molecule has 156 valence electrons. The molecule has 0 atom stereocenters. The molecule has 0 spiro atoms. The third-order valence-corrected chi connectivity index (χ3v) is 7.10. The zero-order valence-corrected chi connectivity index (χ0v) is 18.0. The normalized spacial score (nSPS) is 29.1. The highest BCUT2D eigenvalue weighted by molar-refractivity contribution is 7.80. The average Bonchev–Trinajstić information content (AvgIpc) is 2.72. The van der Waals surface area contributed by atoms with Crippen molar-refractivity contribution in [3.63, 3.8) is 0 Å². The van der Waals surface area contributed by atoms with Gasteiger partial charge in [0.05, 0.1) is 6.21 Å². The molecule has 5 heteroatoms. The Labute approximate surface area is 184 Å². The van der Waals surface area contributed by atoms with Crippen molar-refractivity contribution >= 4 is 23.5 Å². The maximum atomic E-state index is 5.90. The van der Waals surface area contributed by atoms with Crippen LogP contribution < -0.4 is 15.5 Å². The second kappa shape index (κ2) is 8.38. The second-order valence-corrected chi connectivity index (χ2v) is 9.78. The van der Waals surface area contributed by atoms with Gasteiger partial charge in [-0.2, -0.15) is 5.10 Å². The lowest BCUT2D eigenvalue weighted by Crippen LogP contribution is -2.61. The van der Waals surface area contributed by atoms with Crippen molar-refractivity contribution in [3.05, 3.63) is 65.7 Å². The Morgan fingerprint density at radius 1 is 1.00 bits per heavy atom. The van der Waals surface area contributed by atoms with E-state index >= 15 is 0 Å². The van der Waals surface area contributed by atoms with Crippen LogP contribution in [-0.2, 0) is 6.61 Å². The Kier molecular flexibility index (Phi) is 5.47. The third-order valence-electron chi connectivity index (χ3n) is 6.90. The van der Waals surface area contributed by atoms with Crippen LogP contribution >= 0.6 is 12.2 Å². The Morgan fingerprint density at radius 3 is 2.40 bits per heavy atom. The molecule has 4 aliphatic rings. The minimum absolute atomic E-state index is 0.208. The number of rotatable bonds is 6. The van der Waals surface area contributed by atoms with Crippen LogP contribution in [-0.4, -0.2) is 16.9 Å². The maximum Gasteiger partial charge on any atom is 0.187 e. The van der Waals surface area contributed by atoms with Gasteiger partial charge in [-0.05, 0) is 91.8 Å². The molecule has 2 aromatic carbocycles. The van der Waals surface area contributed by atoms with E-state index in [9.17, 15) is 0 Å². The minimum atomic E-state index is 0.208. The van der Waals surface area contributed by atoms with Crippen molar-refractivity contribution in [2.24, 2.45) is 22.9 Å². The van der Waals surface area contributed by atoms with E-state index < -0.39 is 0 Å². The maximum absolute atomic E-state index is 5.90. The zero-order valence-electron chi connectivity index (χ0n) is 17.2. The van der Waals surface area contributed by atoms with Gasteiger partial charge in [0.25, 0.3) is 0 Å². The van der Waals surface area contributed by atoms with E-state index in [-0.39, 0.29) is 5.54 Å². The summed E-state index contributed by atoms with van der Waals surface area (Å²) >= 11 is 5.57. The Morgan fingerprint density at radius 2 is 1.70 bits per heavy atom. The van der Waals surface area contributed by atoms with Gasteiger partial charge in [0.1, 0.15) is 12.4 Å². The van der Waals surface area contributed by atoms with Crippen LogP contribution in [0.4, 0.5) is 0 Å². The fourth-order valence-electron chi connectivity index (χ4n) is 6.12. The van der Waals surface area contributed by atoms with Crippen molar-refractivity contribution in [2.45, 2.75) is 50.7 Å². The Bertz CT molecular complexity index is 892. The average molecular weight is 420 g/mol. The number of benzene rings is 2. The molecular formula is C25H29N3OS. The largest absolute Gasteiger partial charge is 0.489 e. The third kappa shape index (κ3) is 4.51. The number of nitrogens with zero attached hydrogens (tertiary/aromatic N) is 1. The lowest BCUT2D eigenvalue weighted by molar-refractivity contribution is -0.0101. The van der Waals surface area contributed by atoms with E-state index in [0.29, 0.717) is 11.7 Å². The first-order chi connectivity index (χ1) is 14.7. The van der Waals surface area contributed by atoms with Gasteiger partial charge in [0, 0.05) is 5.54 Å². The molecule has 4 bridgehead atoms. The quantitative estimate of drug-likeness (QED) is 0.391. The molecule has 4 fully saturated rings. The van der Waals surface area contributed by atoms with Gasteiger partial charge >= 0.3 is 0 Å². The van der Waals surface area contributed by atoms with Gasteiger partial charge in [-0.1, -0.05) is 42.5 Å². The number of hydrogen-bond acceptors (Lipinski definition) is 3. The summed E-state index contributed by atoms with van der Waals surface area (Å²) in [4.78, 5) is 0. The van der Waals surface area contributed by atoms with Crippen LogP contribution in [0.2, 0.25) is 0 Å². The highest BCUT2D eigenvalue weighted by atomic mass is 32.1. The SMILES string of the molecule is S=C(NN=Cc1cccc(OCc2ccccc2)c1)NC12CC3CC(CC(C3)C1)C2. The van der Waals surface area contributed by atoms with Crippen molar-refractivity contribution in [2.75, 3.05) is 0 Å². The molecule has 2 N–H and O–H groups in total. The van der Waals surface area contributed by atoms with E-state index in [4.69, 9.17) is 17.0 Å². The summed E-state index contributed by atoms with van der Waals surface area (Å²) in [5.74, 6) is 3.52. The molecule has 0 amide bonds. The summed E-state index contributed by atoms with van der Waals surface area (Å²) in [6.07, 6.45) is 9.90. The number of thiocarbonyl (C=S) groups is 1. The summed E-state index contributed by atoms with van der Waals surface area (Å²) in [5, 5.41) is 8.65. The molecule has 0 unspecified atom stereocenters. The first-order valence-electron chi connectivity index (χ1n) is 11.0. The Hall–Kier alpha value is -2.40. The van der Waals surface area contributed by atoms with Gasteiger partial charge in [0.2, 0.25) is 0 Å². The monoisotopic (exact) mass is 419 g/mol. The van der Waals surface area contributed by atoms with Crippen LogP contribution in [0.25, 0.3) is 0 Å². The second-order valence-electron chi connectivity index (χ2n) is 9.37. The Balaban J connectivity index is 1.14. The highest BCUT2D eigenvalue weighted by Gasteiger charge is 2.51. The van der Waals surface area contributed by atoms with E-state index in [0.717, 1.165) is 34.6 Å². The topological polar surface area (TPSA) is 45.7 Å². The zero-order chi connectivity index (χ0) is 20.4. The summed E-state index contributed by atoms with van der Waals surface area (Å²) in [5.41, 5.74) is 5.37. The van der Waals surface area contributed by atoms with Gasteiger partial charge in [0.15, 0.2) is 5.11 Å². The molecule has 4 saturated carbocycles. The molecule has 4 nitrogen and oxygen atoms in total. The van der Waals surface area contributed by atoms with Crippen LogP contribution in [0.3, 0.4) is 0 Å². The minimum Gasteiger partial charge on any atom is -0.489 e. The standard InChI is InChI=1S/C25H29N3OS/c30-24(27-25-13-20-9-21(14-25)11-22(10-20)15-25)28-26-16-19-7-4-8-23(12-19)29-17-18-5-2-1-3-6-18/h1-8,12,16,20-22H,9-11,13-15,17H2,(H2,27,28,30). The van der Waals surface area contributed by atoms with E-state index in [1.165, 1.54) is 38.5 Å². The molecule has 4 aliphatic carbocycles. The number of ether oxygens (including phenoxy) is 1. The first-order valence-corrected chi connectivity index (χ1v) is 11.4. The lowest BCUT2D eigenvalue weighted by atomic mass is 9.53. The van der Waals surface area contributed by atoms with Crippen LogP contribution in [0.15, 0.2) is 59.7 Å². The van der Waals surface area contributed by atoms with Crippen LogP contribution in [0.5, 0.6) is 5.75 Å². The summed E-state index contributed by atoms with van der Waals surface area (Å²) in [6, 6.07) is 18.1. The van der Waals surface area contributed by atoms with Gasteiger partial charge in [-0.15, -0.1) is 0 Å². The summed E-state index contributed by atoms with van der Waals surface area (Å²) in [7, 11) is 0. The highest BCUT2D eigenvalue weighted by Crippen LogP contribution is 2.55. The number of hydrazone groups is 1. The van der Waals surface area contributed by atoms with E-state index in [1.807, 2.05) is 42.5 Å². The molecule has 0 aliphatic heterocycles. The summed E-state index contributed by atoms with van der Waals surface area (Å²) < 4.78 is 5.90. The van der Waals surface area contributed by atoms with Crippen LogP contribution in [0.1, 0.15) is 49.7 Å². The van der Waals surface area contributed by atoms with Gasteiger partial charge in [-0.25, -0.2) is 0 Å². The molecule has 6 rings (SSSR count). The van der Waals surface area contributed by atoms with Crippen molar-refractivity contribution < 1.29 is 4.74 Å². The smallest absolute Gasteiger partial charge is 0.187 e. The van der Waals surface area contributed by atoms with Crippen molar-refractivity contribution in [1.82, 2.24) is 10.7 Å².